The number of carbonyl (C=O) groups is 1. The molecule has 1 fully saturated rings. The molecule has 0 saturated heterocycles. The van der Waals surface area contributed by atoms with Gasteiger partial charge in [0.15, 0.2) is 0 Å². The summed E-state index contributed by atoms with van der Waals surface area (Å²) in [5.74, 6) is -0.391. The van der Waals surface area contributed by atoms with Crippen molar-refractivity contribution in [1.82, 2.24) is 5.32 Å². The normalized spacial score (nSPS) is 22.3. The van der Waals surface area contributed by atoms with Crippen molar-refractivity contribution in [3.63, 3.8) is 0 Å². The van der Waals surface area contributed by atoms with E-state index >= 15 is 0 Å². The summed E-state index contributed by atoms with van der Waals surface area (Å²) in [6.45, 7) is 4.70. The molecule has 1 atom stereocenters. The van der Waals surface area contributed by atoms with E-state index in [1.165, 1.54) is 19.3 Å². The molecule has 1 aliphatic rings. The van der Waals surface area contributed by atoms with Gasteiger partial charge < -0.3 is 10.4 Å². The maximum absolute atomic E-state index is 11.4. The first kappa shape index (κ1) is 12.5. The summed E-state index contributed by atoms with van der Waals surface area (Å²) >= 11 is 0. The molecule has 3 nitrogen and oxygen atoms in total. The van der Waals surface area contributed by atoms with Crippen molar-refractivity contribution < 1.29 is 9.90 Å². The van der Waals surface area contributed by atoms with Crippen LogP contribution in [0.5, 0.6) is 0 Å². The predicted octanol–water partition coefficient (Wildman–Crippen LogP) is 2.41. The summed E-state index contributed by atoms with van der Waals surface area (Å²) in [6, 6.07) is 0. The van der Waals surface area contributed by atoms with E-state index in [0.717, 1.165) is 25.8 Å². The van der Waals surface area contributed by atoms with E-state index in [1.54, 1.807) is 0 Å². The van der Waals surface area contributed by atoms with Crippen molar-refractivity contribution in [3.05, 3.63) is 0 Å². The van der Waals surface area contributed by atoms with Gasteiger partial charge in [0.2, 0.25) is 0 Å². The molecule has 1 rings (SSSR count). The van der Waals surface area contributed by atoms with E-state index in [4.69, 9.17) is 0 Å². The van der Waals surface area contributed by atoms with Crippen molar-refractivity contribution in [2.45, 2.75) is 57.9 Å². The topological polar surface area (TPSA) is 49.3 Å². The molecular formula is C12H23NO2. The number of rotatable bonds is 5. The minimum Gasteiger partial charge on any atom is -0.480 e. The van der Waals surface area contributed by atoms with Crippen molar-refractivity contribution in [2.75, 3.05) is 6.54 Å². The molecule has 2 N–H and O–H groups in total. The fraction of sp³-hybridized carbons (Fsp3) is 0.917. The van der Waals surface area contributed by atoms with Gasteiger partial charge in [-0.1, -0.05) is 26.2 Å². The van der Waals surface area contributed by atoms with Gasteiger partial charge in [-0.3, -0.25) is 4.79 Å². The largest absolute Gasteiger partial charge is 0.480 e. The number of carboxylic acids is 1. The Hall–Kier alpha value is -0.570. The quantitative estimate of drug-likeness (QED) is 0.737. The zero-order valence-electron chi connectivity index (χ0n) is 9.88. The van der Waals surface area contributed by atoms with Crippen molar-refractivity contribution >= 4 is 5.97 Å². The smallest absolute Gasteiger partial charge is 0.323 e. The van der Waals surface area contributed by atoms with Gasteiger partial charge in [0.1, 0.15) is 5.54 Å². The summed E-state index contributed by atoms with van der Waals surface area (Å²) in [6.07, 6.45) is 6.72. The molecule has 15 heavy (non-hydrogen) atoms. The Bertz CT molecular complexity index is 212. The van der Waals surface area contributed by atoms with Crippen LogP contribution < -0.4 is 5.32 Å². The molecule has 3 heteroatoms. The first-order chi connectivity index (χ1) is 7.11. The molecule has 88 valence electrons. The van der Waals surface area contributed by atoms with Crippen LogP contribution >= 0.6 is 0 Å². The van der Waals surface area contributed by atoms with E-state index in [1.807, 2.05) is 6.92 Å². The Morgan fingerprint density at radius 1 is 1.40 bits per heavy atom. The Morgan fingerprint density at radius 2 is 2.00 bits per heavy atom. The second-order valence-corrected chi connectivity index (χ2v) is 4.77. The number of aliphatic carboxylic acids is 1. The lowest BCUT2D eigenvalue weighted by atomic mass is 9.75. The second-order valence-electron chi connectivity index (χ2n) is 4.77. The third kappa shape index (κ3) is 2.94. The van der Waals surface area contributed by atoms with E-state index in [-0.39, 0.29) is 0 Å². The highest BCUT2D eigenvalue weighted by atomic mass is 16.4. The molecule has 0 aromatic heterocycles. The van der Waals surface area contributed by atoms with E-state index in [9.17, 15) is 9.90 Å². The summed E-state index contributed by atoms with van der Waals surface area (Å²) in [7, 11) is 0. The maximum Gasteiger partial charge on any atom is 0.323 e. The predicted molar refractivity (Wildman–Crippen MR) is 60.9 cm³/mol. The molecule has 0 spiro atoms. The van der Waals surface area contributed by atoms with E-state index in [2.05, 4.69) is 12.2 Å². The molecule has 1 unspecified atom stereocenters. The molecule has 0 amide bonds. The highest BCUT2D eigenvalue weighted by Crippen LogP contribution is 2.32. The molecule has 0 aromatic rings. The van der Waals surface area contributed by atoms with Gasteiger partial charge in [-0.15, -0.1) is 0 Å². The number of nitrogens with one attached hydrogen (secondary N) is 1. The average molecular weight is 213 g/mol. The molecule has 0 radical (unpaired) electrons. The zero-order chi connectivity index (χ0) is 11.3. The van der Waals surface area contributed by atoms with Crippen LogP contribution in [-0.2, 0) is 4.79 Å². The number of hydrogen-bond donors (Lipinski definition) is 2. The highest BCUT2D eigenvalue weighted by Gasteiger charge is 2.40. The van der Waals surface area contributed by atoms with Gasteiger partial charge in [-0.05, 0) is 38.6 Å². The SMILES string of the molecule is CCCNC(C)(C(=O)O)C1CCCCC1. The van der Waals surface area contributed by atoms with Crippen molar-refractivity contribution in [1.29, 1.82) is 0 Å². The van der Waals surface area contributed by atoms with Crippen LogP contribution in [0.4, 0.5) is 0 Å². The third-order valence-corrected chi connectivity index (χ3v) is 3.61. The molecule has 1 saturated carbocycles. The van der Waals surface area contributed by atoms with Gasteiger partial charge >= 0.3 is 5.97 Å². The molecule has 0 heterocycles. The molecule has 1 aliphatic carbocycles. The standard InChI is InChI=1S/C12H23NO2/c1-3-9-13-12(2,11(14)15)10-7-5-4-6-8-10/h10,13H,3-9H2,1-2H3,(H,14,15). The first-order valence-corrected chi connectivity index (χ1v) is 6.09. The van der Waals surface area contributed by atoms with Gasteiger partial charge in [0, 0.05) is 0 Å². The fourth-order valence-corrected chi connectivity index (χ4v) is 2.46. The monoisotopic (exact) mass is 213 g/mol. The van der Waals surface area contributed by atoms with Crippen molar-refractivity contribution in [2.24, 2.45) is 5.92 Å². The third-order valence-electron chi connectivity index (χ3n) is 3.61. The van der Waals surface area contributed by atoms with Crippen LogP contribution in [0.1, 0.15) is 52.4 Å². The van der Waals surface area contributed by atoms with Crippen LogP contribution in [-0.4, -0.2) is 23.2 Å². The second kappa shape index (κ2) is 5.50. The summed E-state index contributed by atoms with van der Waals surface area (Å²) in [5, 5.41) is 12.6. The lowest BCUT2D eigenvalue weighted by Crippen LogP contribution is -2.55. The van der Waals surface area contributed by atoms with Crippen molar-refractivity contribution in [3.8, 4) is 0 Å². The zero-order valence-corrected chi connectivity index (χ0v) is 9.88. The summed E-state index contributed by atoms with van der Waals surface area (Å²) < 4.78 is 0. The number of carboxylic acid groups (broad SMARTS) is 1. The van der Waals surface area contributed by atoms with Crippen LogP contribution in [0.3, 0.4) is 0 Å². The van der Waals surface area contributed by atoms with Crippen LogP contribution in [0.2, 0.25) is 0 Å². The van der Waals surface area contributed by atoms with Gasteiger partial charge in [-0.25, -0.2) is 0 Å². The van der Waals surface area contributed by atoms with Gasteiger partial charge in [0.05, 0.1) is 0 Å². The van der Waals surface area contributed by atoms with E-state index in [0.29, 0.717) is 5.92 Å². The minimum atomic E-state index is -0.712. The molecule has 0 bridgehead atoms. The molecular weight excluding hydrogens is 190 g/mol. The Kier molecular flexibility index (Phi) is 4.58. The lowest BCUT2D eigenvalue weighted by Gasteiger charge is -2.37. The molecule has 0 aromatic carbocycles. The Balaban J connectivity index is 2.65. The van der Waals surface area contributed by atoms with E-state index < -0.39 is 11.5 Å². The van der Waals surface area contributed by atoms with Crippen LogP contribution in [0.25, 0.3) is 0 Å². The highest BCUT2D eigenvalue weighted by molar-refractivity contribution is 5.78. The summed E-state index contributed by atoms with van der Waals surface area (Å²) in [5.41, 5.74) is -0.712. The van der Waals surface area contributed by atoms with Crippen LogP contribution in [0.15, 0.2) is 0 Å². The van der Waals surface area contributed by atoms with Gasteiger partial charge in [0.25, 0.3) is 0 Å². The Labute approximate surface area is 92.3 Å². The lowest BCUT2D eigenvalue weighted by molar-refractivity contribution is -0.147. The van der Waals surface area contributed by atoms with Crippen LogP contribution in [0, 0.1) is 5.92 Å². The number of hydrogen-bond acceptors (Lipinski definition) is 2. The first-order valence-electron chi connectivity index (χ1n) is 6.09. The molecule has 0 aliphatic heterocycles. The summed E-state index contributed by atoms with van der Waals surface area (Å²) in [4.78, 5) is 11.4. The van der Waals surface area contributed by atoms with Gasteiger partial charge in [-0.2, -0.15) is 0 Å². The Morgan fingerprint density at radius 3 is 2.47 bits per heavy atom. The minimum absolute atomic E-state index is 0.301. The fourth-order valence-electron chi connectivity index (χ4n) is 2.46. The maximum atomic E-state index is 11.4. The average Bonchev–Trinajstić information content (AvgIpc) is 2.27.